The Labute approximate surface area is 135 Å². The second-order valence-corrected chi connectivity index (χ2v) is 5.65. The molecule has 1 saturated heterocycles. The van der Waals surface area contributed by atoms with Gasteiger partial charge in [0.25, 0.3) is 5.69 Å². The standard InChI is InChI=1S/C14H17F4N3O3/c1-24-13-5-11(12(21(22)23)4-10(13)15)19-6-9-2-3-20(7-9)8-14(16,17)18/h4-5,9,19H,2-3,6-8H2,1H3. The molecule has 10 heteroatoms. The van der Waals surface area contributed by atoms with Crippen LogP contribution in [-0.2, 0) is 0 Å². The van der Waals surface area contributed by atoms with E-state index in [0.717, 1.165) is 6.07 Å². The summed E-state index contributed by atoms with van der Waals surface area (Å²) >= 11 is 0. The Morgan fingerprint density at radius 2 is 2.17 bits per heavy atom. The largest absolute Gasteiger partial charge is 0.494 e. The summed E-state index contributed by atoms with van der Waals surface area (Å²) in [5, 5.41) is 13.8. The quantitative estimate of drug-likeness (QED) is 0.485. The lowest BCUT2D eigenvalue weighted by Crippen LogP contribution is -2.33. The van der Waals surface area contributed by atoms with Gasteiger partial charge >= 0.3 is 6.18 Å². The van der Waals surface area contributed by atoms with Crippen LogP contribution in [-0.4, -0.2) is 49.3 Å². The number of methoxy groups -OCH3 is 1. The van der Waals surface area contributed by atoms with Crippen LogP contribution in [0.5, 0.6) is 5.75 Å². The maximum Gasteiger partial charge on any atom is 0.401 e. The van der Waals surface area contributed by atoms with Gasteiger partial charge in [0, 0.05) is 19.2 Å². The molecule has 1 aliphatic heterocycles. The van der Waals surface area contributed by atoms with E-state index in [2.05, 4.69) is 5.32 Å². The zero-order valence-corrected chi connectivity index (χ0v) is 12.9. The lowest BCUT2D eigenvalue weighted by Gasteiger charge is -2.18. The summed E-state index contributed by atoms with van der Waals surface area (Å²) in [6.07, 6.45) is -3.69. The molecule has 6 nitrogen and oxygen atoms in total. The van der Waals surface area contributed by atoms with Crippen LogP contribution in [0.15, 0.2) is 12.1 Å². The molecule has 1 aromatic rings. The molecule has 1 unspecified atom stereocenters. The first-order chi connectivity index (χ1) is 11.2. The molecule has 24 heavy (non-hydrogen) atoms. The number of ether oxygens (including phenoxy) is 1. The molecule has 0 radical (unpaired) electrons. The molecule has 1 aliphatic rings. The van der Waals surface area contributed by atoms with Gasteiger partial charge in [-0.3, -0.25) is 15.0 Å². The molecule has 0 amide bonds. The highest BCUT2D eigenvalue weighted by Crippen LogP contribution is 2.32. The second-order valence-electron chi connectivity index (χ2n) is 5.65. The van der Waals surface area contributed by atoms with E-state index < -0.39 is 29.1 Å². The third kappa shape index (κ3) is 4.70. The van der Waals surface area contributed by atoms with Crippen LogP contribution in [0.3, 0.4) is 0 Å². The smallest absolute Gasteiger partial charge is 0.401 e. The van der Waals surface area contributed by atoms with Crippen molar-refractivity contribution in [1.82, 2.24) is 4.90 Å². The van der Waals surface area contributed by atoms with E-state index in [1.807, 2.05) is 0 Å². The second kappa shape index (κ2) is 7.20. The topological polar surface area (TPSA) is 67.6 Å². The number of alkyl halides is 3. The fraction of sp³-hybridized carbons (Fsp3) is 0.571. The van der Waals surface area contributed by atoms with Crippen LogP contribution in [0.4, 0.5) is 28.9 Å². The molecule has 0 saturated carbocycles. The first-order valence-electron chi connectivity index (χ1n) is 7.24. The van der Waals surface area contributed by atoms with Gasteiger partial charge in [-0.15, -0.1) is 0 Å². The number of rotatable bonds is 6. The van der Waals surface area contributed by atoms with Crippen LogP contribution in [0.1, 0.15) is 6.42 Å². The van der Waals surface area contributed by atoms with Crippen molar-refractivity contribution < 1.29 is 27.2 Å². The van der Waals surface area contributed by atoms with Gasteiger partial charge in [0.15, 0.2) is 11.6 Å². The van der Waals surface area contributed by atoms with Crippen LogP contribution in [0, 0.1) is 21.8 Å². The maximum atomic E-state index is 13.6. The number of benzene rings is 1. The third-order valence-corrected chi connectivity index (χ3v) is 3.82. The fourth-order valence-electron chi connectivity index (χ4n) is 2.72. The number of nitrogens with zero attached hydrogens (tertiary/aromatic N) is 2. The molecule has 0 bridgehead atoms. The van der Waals surface area contributed by atoms with Crippen molar-refractivity contribution in [1.29, 1.82) is 0 Å². The summed E-state index contributed by atoms with van der Waals surface area (Å²) in [6.45, 7) is -0.142. The minimum Gasteiger partial charge on any atom is -0.494 e. The highest BCUT2D eigenvalue weighted by atomic mass is 19.4. The first-order valence-corrected chi connectivity index (χ1v) is 7.24. The van der Waals surface area contributed by atoms with Crippen molar-refractivity contribution in [3.63, 3.8) is 0 Å². The molecule has 1 heterocycles. The van der Waals surface area contributed by atoms with Gasteiger partial charge in [0.1, 0.15) is 5.69 Å². The fourth-order valence-corrected chi connectivity index (χ4v) is 2.72. The predicted molar refractivity (Wildman–Crippen MR) is 78.7 cm³/mol. The van der Waals surface area contributed by atoms with Crippen LogP contribution in [0.2, 0.25) is 0 Å². The third-order valence-electron chi connectivity index (χ3n) is 3.82. The molecule has 0 spiro atoms. The van der Waals surface area contributed by atoms with E-state index in [1.54, 1.807) is 0 Å². The zero-order chi connectivity index (χ0) is 17.9. The Balaban J connectivity index is 2.01. The van der Waals surface area contributed by atoms with E-state index in [-0.39, 0.29) is 30.4 Å². The molecular weight excluding hydrogens is 334 g/mol. The number of nitrogens with one attached hydrogen (secondary N) is 1. The molecule has 0 aromatic heterocycles. The van der Waals surface area contributed by atoms with Crippen molar-refractivity contribution in [2.75, 3.05) is 38.6 Å². The predicted octanol–water partition coefficient (Wildman–Crippen LogP) is 3.04. The van der Waals surface area contributed by atoms with Crippen LogP contribution < -0.4 is 10.1 Å². The SMILES string of the molecule is COc1cc(NCC2CCN(CC(F)(F)F)C2)c([N+](=O)[O-])cc1F. The monoisotopic (exact) mass is 351 g/mol. The minimum atomic E-state index is -4.24. The molecule has 1 atom stereocenters. The Kier molecular flexibility index (Phi) is 5.47. The number of nitro groups is 1. The number of anilines is 1. The van der Waals surface area contributed by atoms with E-state index in [1.165, 1.54) is 18.1 Å². The number of hydrogen-bond acceptors (Lipinski definition) is 5. The van der Waals surface area contributed by atoms with Crippen molar-refractivity contribution in [2.45, 2.75) is 12.6 Å². The van der Waals surface area contributed by atoms with Crippen LogP contribution in [0.25, 0.3) is 0 Å². The van der Waals surface area contributed by atoms with E-state index in [0.29, 0.717) is 13.0 Å². The van der Waals surface area contributed by atoms with Gasteiger partial charge in [-0.25, -0.2) is 4.39 Å². The first kappa shape index (κ1) is 18.2. The summed E-state index contributed by atoms with van der Waals surface area (Å²) < 4.78 is 55.5. The normalized spacial score (nSPS) is 18.6. The Hall–Kier alpha value is -2.10. The van der Waals surface area contributed by atoms with Gasteiger partial charge in [-0.05, 0) is 18.9 Å². The van der Waals surface area contributed by atoms with E-state index in [4.69, 9.17) is 4.74 Å². The van der Waals surface area contributed by atoms with Gasteiger partial charge in [-0.2, -0.15) is 13.2 Å². The minimum absolute atomic E-state index is 0.0764. The van der Waals surface area contributed by atoms with Crippen molar-refractivity contribution in [3.05, 3.63) is 28.1 Å². The molecule has 134 valence electrons. The Morgan fingerprint density at radius 1 is 1.46 bits per heavy atom. The van der Waals surface area contributed by atoms with Gasteiger partial charge in [0.2, 0.25) is 0 Å². The van der Waals surface area contributed by atoms with E-state index >= 15 is 0 Å². The summed E-state index contributed by atoms with van der Waals surface area (Å²) in [5.74, 6) is -1.08. The van der Waals surface area contributed by atoms with Crippen LogP contribution >= 0.6 is 0 Å². The summed E-state index contributed by atoms with van der Waals surface area (Å²) in [6, 6.07) is 1.93. The zero-order valence-electron chi connectivity index (χ0n) is 12.9. The lowest BCUT2D eigenvalue weighted by molar-refractivity contribution is -0.384. The number of halogens is 4. The summed E-state index contributed by atoms with van der Waals surface area (Å²) in [5.41, 5.74) is -0.369. The Bertz CT molecular complexity index is 610. The average molecular weight is 351 g/mol. The molecule has 2 rings (SSSR count). The summed E-state index contributed by atoms with van der Waals surface area (Å²) in [7, 11) is 1.24. The number of hydrogen-bond donors (Lipinski definition) is 1. The number of likely N-dealkylation sites (tertiary alicyclic amines) is 1. The van der Waals surface area contributed by atoms with Crippen molar-refractivity contribution in [2.24, 2.45) is 5.92 Å². The van der Waals surface area contributed by atoms with E-state index in [9.17, 15) is 27.7 Å². The van der Waals surface area contributed by atoms with Crippen molar-refractivity contribution in [3.8, 4) is 5.75 Å². The lowest BCUT2D eigenvalue weighted by atomic mass is 10.1. The van der Waals surface area contributed by atoms with Gasteiger partial charge in [-0.1, -0.05) is 0 Å². The Morgan fingerprint density at radius 3 is 2.75 bits per heavy atom. The molecule has 1 fully saturated rings. The van der Waals surface area contributed by atoms with Crippen molar-refractivity contribution >= 4 is 11.4 Å². The number of nitro benzene ring substituents is 1. The molecule has 0 aliphatic carbocycles. The summed E-state index contributed by atoms with van der Waals surface area (Å²) in [4.78, 5) is 11.6. The van der Waals surface area contributed by atoms with Gasteiger partial charge in [0.05, 0.1) is 24.6 Å². The highest BCUT2D eigenvalue weighted by Gasteiger charge is 2.34. The maximum absolute atomic E-state index is 13.6. The molecule has 1 aromatic carbocycles. The van der Waals surface area contributed by atoms with Gasteiger partial charge < -0.3 is 10.1 Å². The molecular formula is C14H17F4N3O3. The average Bonchev–Trinajstić information content (AvgIpc) is 2.90. The highest BCUT2D eigenvalue weighted by molar-refractivity contribution is 5.64. The molecule has 1 N–H and O–H groups in total.